The van der Waals surface area contributed by atoms with Gasteiger partial charge in [0.1, 0.15) is 5.69 Å². The molecule has 128 valence electrons. The predicted molar refractivity (Wildman–Crippen MR) is 90.8 cm³/mol. The zero-order valence-electron chi connectivity index (χ0n) is 12.7. The van der Waals surface area contributed by atoms with Gasteiger partial charge in [-0.05, 0) is 31.0 Å². The Kier molecular flexibility index (Phi) is 4.71. The number of carbonyl (C=O) groups excluding carboxylic acids is 1. The molecule has 8 heteroatoms. The Morgan fingerprint density at radius 2 is 2.00 bits per heavy atom. The molecule has 2 heterocycles. The average Bonchev–Trinajstić information content (AvgIpc) is 2.90. The van der Waals surface area contributed by atoms with Crippen molar-refractivity contribution in [1.29, 1.82) is 0 Å². The Morgan fingerprint density at radius 3 is 2.67 bits per heavy atom. The summed E-state index contributed by atoms with van der Waals surface area (Å²) in [6.07, 6.45) is 0.720. The van der Waals surface area contributed by atoms with E-state index in [1.54, 1.807) is 18.2 Å². The molecule has 3 rings (SSSR count). The van der Waals surface area contributed by atoms with E-state index in [9.17, 15) is 14.7 Å². The fourth-order valence-corrected chi connectivity index (χ4v) is 3.32. The highest BCUT2D eigenvalue weighted by Gasteiger charge is 2.40. The number of amides is 1. The quantitative estimate of drug-likeness (QED) is 0.770. The summed E-state index contributed by atoms with van der Waals surface area (Å²) in [6.45, 7) is 0.763. The number of aromatic amines is 1. The van der Waals surface area contributed by atoms with Gasteiger partial charge >= 0.3 is 5.97 Å². The maximum absolute atomic E-state index is 12.4. The van der Waals surface area contributed by atoms with Gasteiger partial charge in [-0.15, -0.1) is 0 Å². The summed E-state index contributed by atoms with van der Waals surface area (Å²) in [7, 11) is 0. The highest BCUT2D eigenvalue weighted by molar-refractivity contribution is 6.39. The number of rotatable bonds is 4. The SMILES string of the molecule is O=C(NCC1(C(=O)O)CCOCC1)c1[nH]c2ccc(Cl)cc2c1Cl. The summed E-state index contributed by atoms with van der Waals surface area (Å²) in [5.74, 6) is -1.37. The normalized spacial score (nSPS) is 16.9. The second-order valence-electron chi connectivity index (χ2n) is 5.88. The first-order valence-electron chi connectivity index (χ1n) is 7.49. The second kappa shape index (κ2) is 6.63. The van der Waals surface area contributed by atoms with Gasteiger partial charge in [0, 0.05) is 35.7 Å². The molecule has 0 spiro atoms. The van der Waals surface area contributed by atoms with Gasteiger partial charge in [-0.1, -0.05) is 23.2 Å². The molecule has 1 fully saturated rings. The van der Waals surface area contributed by atoms with E-state index in [0.29, 0.717) is 42.0 Å². The number of aromatic nitrogens is 1. The van der Waals surface area contributed by atoms with Crippen LogP contribution < -0.4 is 5.32 Å². The number of hydrogen-bond donors (Lipinski definition) is 3. The zero-order chi connectivity index (χ0) is 17.3. The molecular formula is C16H16Cl2N2O4. The molecule has 2 aromatic rings. The molecule has 1 aliphatic heterocycles. The lowest BCUT2D eigenvalue weighted by atomic mass is 9.80. The molecule has 1 aliphatic rings. The Morgan fingerprint density at radius 1 is 1.29 bits per heavy atom. The maximum Gasteiger partial charge on any atom is 0.311 e. The number of benzene rings is 1. The monoisotopic (exact) mass is 370 g/mol. The van der Waals surface area contributed by atoms with Crippen LogP contribution in [0.1, 0.15) is 23.3 Å². The van der Waals surface area contributed by atoms with Gasteiger partial charge in [-0.3, -0.25) is 9.59 Å². The highest BCUT2D eigenvalue weighted by Crippen LogP contribution is 2.32. The van der Waals surface area contributed by atoms with Crippen molar-refractivity contribution < 1.29 is 19.4 Å². The standard InChI is InChI=1S/C16H16Cl2N2O4/c17-9-1-2-11-10(7-9)12(18)13(20-11)14(21)19-8-16(15(22)23)3-5-24-6-4-16/h1-2,7,20H,3-6,8H2,(H,19,21)(H,22,23). The molecule has 0 saturated carbocycles. The van der Waals surface area contributed by atoms with Gasteiger partial charge in [0.05, 0.1) is 10.4 Å². The number of H-pyrrole nitrogens is 1. The van der Waals surface area contributed by atoms with Gasteiger partial charge in [-0.25, -0.2) is 0 Å². The second-order valence-corrected chi connectivity index (χ2v) is 6.70. The van der Waals surface area contributed by atoms with Crippen molar-refractivity contribution in [3.05, 3.63) is 33.9 Å². The lowest BCUT2D eigenvalue weighted by Gasteiger charge is -2.33. The minimum Gasteiger partial charge on any atom is -0.481 e. The van der Waals surface area contributed by atoms with Crippen LogP contribution in [0.15, 0.2) is 18.2 Å². The van der Waals surface area contributed by atoms with E-state index in [0.717, 1.165) is 0 Å². The minimum atomic E-state index is -1.00. The largest absolute Gasteiger partial charge is 0.481 e. The first-order chi connectivity index (χ1) is 11.4. The zero-order valence-corrected chi connectivity index (χ0v) is 14.2. The number of carboxylic acid groups (broad SMARTS) is 1. The van der Waals surface area contributed by atoms with E-state index in [-0.39, 0.29) is 17.3 Å². The summed E-state index contributed by atoms with van der Waals surface area (Å²) in [4.78, 5) is 27.0. The van der Waals surface area contributed by atoms with Gasteiger partial charge in [-0.2, -0.15) is 0 Å². The lowest BCUT2D eigenvalue weighted by molar-refractivity contribution is -0.154. The van der Waals surface area contributed by atoms with Crippen molar-refractivity contribution >= 4 is 46.0 Å². The van der Waals surface area contributed by atoms with E-state index >= 15 is 0 Å². The number of ether oxygens (including phenoxy) is 1. The van der Waals surface area contributed by atoms with Gasteiger partial charge < -0.3 is 20.1 Å². The van der Waals surface area contributed by atoms with Crippen LogP contribution in [-0.2, 0) is 9.53 Å². The van der Waals surface area contributed by atoms with Crippen molar-refractivity contribution in [2.75, 3.05) is 19.8 Å². The Hall–Kier alpha value is -1.76. The molecule has 1 amide bonds. The number of aliphatic carboxylic acids is 1. The number of hydrogen-bond acceptors (Lipinski definition) is 3. The summed E-state index contributed by atoms with van der Waals surface area (Å²) >= 11 is 12.2. The van der Waals surface area contributed by atoms with Crippen molar-refractivity contribution in [1.82, 2.24) is 10.3 Å². The lowest BCUT2D eigenvalue weighted by Crippen LogP contribution is -2.46. The molecule has 1 aromatic carbocycles. The molecular weight excluding hydrogens is 355 g/mol. The highest BCUT2D eigenvalue weighted by atomic mass is 35.5. The summed E-state index contributed by atoms with van der Waals surface area (Å²) in [5, 5.41) is 13.6. The average molecular weight is 371 g/mol. The molecule has 0 radical (unpaired) electrons. The Balaban J connectivity index is 1.80. The number of nitrogens with one attached hydrogen (secondary N) is 2. The third-order valence-corrected chi connectivity index (χ3v) is 5.04. The van der Waals surface area contributed by atoms with E-state index in [2.05, 4.69) is 10.3 Å². The van der Waals surface area contributed by atoms with Crippen LogP contribution in [-0.4, -0.2) is 41.7 Å². The van der Waals surface area contributed by atoms with Gasteiger partial charge in [0.25, 0.3) is 5.91 Å². The molecule has 6 nitrogen and oxygen atoms in total. The van der Waals surface area contributed by atoms with Crippen LogP contribution in [0.2, 0.25) is 10.0 Å². The van der Waals surface area contributed by atoms with Crippen LogP contribution in [0.25, 0.3) is 10.9 Å². The molecule has 24 heavy (non-hydrogen) atoms. The van der Waals surface area contributed by atoms with Gasteiger partial charge in [0.2, 0.25) is 0 Å². The number of carbonyl (C=O) groups is 2. The maximum atomic E-state index is 12.4. The Labute approximate surface area is 148 Å². The number of carboxylic acids is 1. The third kappa shape index (κ3) is 3.09. The van der Waals surface area contributed by atoms with E-state index < -0.39 is 17.3 Å². The van der Waals surface area contributed by atoms with E-state index in [4.69, 9.17) is 27.9 Å². The van der Waals surface area contributed by atoms with Crippen molar-refractivity contribution in [3.8, 4) is 0 Å². The van der Waals surface area contributed by atoms with Crippen LogP contribution in [0.5, 0.6) is 0 Å². The van der Waals surface area contributed by atoms with Crippen LogP contribution in [0, 0.1) is 5.41 Å². The molecule has 0 aliphatic carbocycles. The number of fused-ring (bicyclic) bond motifs is 1. The molecule has 1 aromatic heterocycles. The van der Waals surface area contributed by atoms with Crippen molar-refractivity contribution in [2.24, 2.45) is 5.41 Å². The predicted octanol–water partition coefficient (Wildman–Crippen LogP) is 3.09. The topological polar surface area (TPSA) is 91.4 Å². The smallest absolute Gasteiger partial charge is 0.311 e. The number of halogens is 2. The van der Waals surface area contributed by atoms with Crippen LogP contribution in [0.4, 0.5) is 0 Å². The molecule has 1 saturated heterocycles. The molecule has 3 N–H and O–H groups in total. The Bertz CT molecular complexity index is 797. The van der Waals surface area contributed by atoms with E-state index in [1.807, 2.05) is 0 Å². The first kappa shape index (κ1) is 17.1. The van der Waals surface area contributed by atoms with Crippen molar-refractivity contribution in [2.45, 2.75) is 12.8 Å². The molecule has 0 bridgehead atoms. The summed E-state index contributed by atoms with van der Waals surface area (Å²) < 4.78 is 5.22. The molecule has 0 unspecified atom stereocenters. The fourth-order valence-electron chi connectivity index (χ4n) is 2.85. The molecule has 0 atom stereocenters. The van der Waals surface area contributed by atoms with E-state index in [1.165, 1.54) is 0 Å². The van der Waals surface area contributed by atoms with Crippen LogP contribution >= 0.6 is 23.2 Å². The summed E-state index contributed by atoms with van der Waals surface area (Å²) in [5.41, 5.74) is -0.120. The first-order valence-corrected chi connectivity index (χ1v) is 8.25. The fraction of sp³-hybridized carbons (Fsp3) is 0.375. The third-order valence-electron chi connectivity index (χ3n) is 4.42. The summed E-state index contributed by atoms with van der Waals surface area (Å²) in [6, 6.07) is 5.10. The van der Waals surface area contributed by atoms with Gasteiger partial charge in [0.15, 0.2) is 0 Å². The van der Waals surface area contributed by atoms with Crippen molar-refractivity contribution in [3.63, 3.8) is 0 Å². The van der Waals surface area contributed by atoms with Crippen LogP contribution in [0.3, 0.4) is 0 Å². The minimum absolute atomic E-state index is 0.0248.